The number of quaternary nitrogens is 1. The number of para-hydroxylation sites is 1. The Balaban J connectivity index is 2.63. The Morgan fingerprint density at radius 1 is 1.20 bits per heavy atom. The lowest BCUT2D eigenvalue weighted by Gasteiger charge is -2.50. The largest absolute Gasteiger partial charge is 0.291 e. The lowest BCUT2D eigenvalue weighted by molar-refractivity contribution is 0.157. The van der Waals surface area contributed by atoms with Gasteiger partial charge in [-0.2, -0.15) is 0 Å². The quantitative estimate of drug-likeness (QED) is 0.567. The Morgan fingerprint density at radius 2 is 1.80 bits per heavy atom. The summed E-state index contributed by atoms with van der Waals surface area (Å²) in [5, 5.41) is 0. The predicted octanol–water partition coefficient (Wildman–Crippen LogP) is 3.54. The first-order valence-electron chi connectivity index (χ1n) is 5.80. The molecule has 0 aliphatic carbocycles. The van der Waals surface area contributed by atoms with Crippen LogP contribution < -0.4 is 4.48 Å². The molecule has 0 amide bonds. The maximum Gasteiger partial charge on any atom is 0.136 e. The van der Waals surface area contributed by atoms with E-state index in [-0.39, 0.29) is 0 Å². The average molecular weight is 204 g/mol. The molecule has 2 rings (SSSR count). The van der Waals surface area contributed by atoms with Crippen LogP contribution in [0.15, 0.2) is 24.3 Å². The molecule has 0 unspecified atom stereocenters. The zero-order valence-electron chi connectivity index (χ0n) is 10.5. The van der Waals surface area contributed by atoms with Gasteiger partial charge in [0, 0.05) is 12.0 Å². The molecule has 1 aliphatic rings. The Morgan fingerprint density at radius 3 is 2.47 bits per heavy atom. The molecular weight excluding hydrogens is 182 g/mol. The molecule has 15 heavy (non-hydrogen) atoms. The van der Waals surface area contributed by atoms with Gasteiger partial charge >= 0.3 is 0 Å². The van der Waals surface area contributed by atoms with Crippen LogP contribution in [0.2, 0.25) is 0 Å². The molecule has 0 bridgehead atoms. The second-order valence-corrected chi connectivity index (χ2v) is 5.93. The summed E-state index contributed by atoms with van der Waals surface area (Å²) in [6.07, 6.45) is 1.26. The third kappa shape index (κ3) is 1.41. The fourth-order valence-electron chi connectivity index (χ4n) is 2.83. The summed E-state index contributed by atoms with van der Waals surface area (Å²) in [6.45, 7) is 7.10. The minimum Gasteiger partial charge on any atom is -0.291 e. The van der Waals surface area contributed by atoms with Crippen LogP contribution in [0.25, 0.3) is 0 Å². The van der Waals surface area contributed by atoms with Crippen molar-refractivity contribution in [1.29, 1.82) is 0 Å². The van der Waals surface area contributed by atoms with E-state index >= 15 is 0 Å². The van der Waals surface area contributed by atoms with Crippen molar-refractivity contribution < 1.29 is 0 Å². The fourth-order valence-corrected chi connectivity index (χ4v) is 2.83. The SMILES string of the molecule is C[C@@H]1CC(C)(C)[N+](C)(C)c2ccccc21. The van der Waals surface area contributed by atoms with E-state index in [1.165, 1.54) is 17.7 Å². The van der Waals surface area contributed by atoms with Gasteiger partial charge in [0.15, 0.2) is 0 Å². The molecule has 0 saturated carbocycles. The zero-order valence-corrected chi connectivity index (χ0v) is 10.5. The van der Waals surface area contributed by atoms with Gasteiger partial charge < -0.3 is 0 Å². The molecule has 1 aromatic rings. The Labute approximate surface area is 93.3 Å². The molecule has 1 nitrogen and oxygen atoms in total. The number of hydrogen-bond donors (Lipinski definition) is 0. The first kappa shape index (κ1) is 10.7. The lowest BCUT2D eigenvalue weighted by atomic mass is 9.78. The van der Waals surface area contributed by atoms with Crippen molar-refractivity contribution in [3.05, 3.63) is 29.8 Å². The van der Waals surface area contributed by atoms with Gasteiger partial charge in [0.05, 0.1) is 19.6 Å². The highest BCUT2D eigenvalue weighted by atomic mass is 15.4. The summed E-state index contributed by atoms with van der Waals surface area (Å²) in [5.74, 6) is 0.683. The van der Waals surface area contributed by atoms with E-state index in [1.54, 1.807) is 0 Å². The highest BCUT2D eigenvalue weighted by Crippen LogP contribution is 2.45. The zero-order chi connectivity index (χ0) is 11.3. The molecule has 1 atom stereocenters. The van der Waals surface area contributed by atoms with Gasteiger partial charge in [-0.25, -0.2) is 0 Å². The molecule has 82 valence electrons. The maximum absolute atomic E-state index is 2.37. The van der Waals surface area contributed by atoms with Crippen LogP contribution in [0.3, 0.4) is 0 Å². The van der Waals surface area contributed by atoms with E-state index in [1.807, 2.05) is 0 Å². The van der Waals surface area contributed by atoms with Crippen molar-refractivity contribution in [2.75, 3.05) is 14.1 Å². The summed E-state index contributed by atoms with van der Waals surface area (Å²) in [4.78, 5) is 0. The normalized spacial score (nSPS) is 27.1. The van der Waals surface area contributed by atoms with E-state index in [9.17, 15) is 0 Å². The van der Waals surface area contributed by atoms with Gasteiger partial charge in [0.25, 0.3) is 0 Å². The molecule has 0 saturated heterocycles. The van der Waals surface area contributed by atoms with Crippen LogP contribution in [0.5, 0.6) is 0 Å². The van der Waals surface area contributed by atoms with Crippen LogP contribution in [-0.4, -0.2) is 19.6 Å². The van der Waals surface area contributed by atoms with E-state index in [0.29, 0.717) is 11.5 Å². The minimum atomic E-state index is 0.327. The Bertz CT molecular complexity index is 377. The van der Waals surface area contributed by atoms with Gasteiger partial charge in [-0.05, 0) is 25.8 Å². The van der Waals surface area contributed by atoms with Crippen molar-refractivity contribution in [2.45, 2.75) is 38.6 Å². The molecular formula is C14H22N+. The molecule has 1 aliphatic heterocycles. The highest BCUT2D eigenvalue weighted by Gasteiger charge is 2.45. The van der Waals surface area contributed by atoms with Crippen LogP contribution in [-0.2, 0) is 0 Å². The molecule has 0 fully saturated rings. The summed E-state index contributed by atoms with van der Waals surface area (Å²) in [6, 6.07) is 8.89. The molecule has 0 radical (unpaired) electrons. The summed E-state index contributed by atoms with van der Waals surface area (Å²) in [5.41, 5.74) is 3.34. The van der Waals surface area contributed by atoms with Crippen molar-refractivity contribution in [1.82, 2.24) is 4.48 Å². The first-order chi connectivity index (χ1) is 6.86. The topological polar surface area (TPSA) is 0 Å². The fraction of sp³-hybridized carbons (Fsp3) is 0.571. The molecule has 1 heteroatoms. The molecule has 1 aromatic carbocycles. The summed E-state index contributed by atoms with van der Waals surface area (Å²) >= 11 is 0. The minimum absolute atomic E-state index is 0.327. The monoisotopic (exact) mass is 204 g/mol. The highest BCUT2D eigenvalue weighted by molar-refractivity contribution is 5.55. The van der Waals surface area contributed by atoms with Crippen LogP contribution >= 0.6 is 0 Å². The number of fused-ring (bicyclic) bond motifs is 1. The Hall–Kier alpha value is -0.820. The van der Waals surface area contributed by atoms with Gasteiger partial charge in [0.2, 0.25) is 0 Å². The number of nitrogens with zero attached hydrogens (tertiary/aromatic N) is 1. The molecule has 0 N–H and O–H groups in total. The standard InChI is InChI=1S/C14H22N/c1-11-10-14(2,3)15(4,5)13-9-7-6-8-12(11)13/h6-9,11H,10H2,1-5H3/q+1/t11-/m1/s1. The van der Waals surface area contributed by atoms with Crippen LogP contribution in [0, 0.1) is 0 Å². The van der Waals surface area contributed by atoms with Crippen LogP contribution in [0.4, 0.5) is 5.69 Å². The van der Waals surface area contributed by atoms with E-state index in [0.717, 1.165) is 4.48 Å². The van der Waals surface area contributed by atoms with Gasteiger partial charge in [0.1, 0.15) is 5.69 Å². The predicted molar refractivity (Wildman–Crippen MR) is 67.2 cm³/mol. The smallest absolute Gasteiger partial charge is 0.136 e. The first-order valence-corrected chi connectivity index (χ1v) is 5.80. The summed E-state index contributed by atoms with van der Waals surface area (Å²) in [7, 11) is 4.65. The average Bonchev–Trinajstić information content (AvgIpc) is 2.15. The third-order valence-electron chi connectivity index (χ3n) is 4.39. The molecule has 0 spiro atoms. The van der Waals surface area contributed by atoms with Crippen molar-refractivity contribution in [2.24, 2.45) is 0 Å². The van der Waals surface area contributed by atoms with Gasteiger partial charge in [-0.15, -0.1) is 0 Å². The number of rotatable bonds is 0. The van der Waals surface area contributed by atoms with Gasteiger partial charge in [-0.3, -0.25) is 4.48 Å². The second-order valence-electron chi connectivity index (χ2n) is 5.93. The van der Waals surface area contributed by atoms with E-state index in [2.05, 4.69) is 59.1 Å². The van der Waals surface area contributed by atoms with Crippen molar-refractivity contribution in [3.63, 3.8) is 0 Å². The molecule has 1 heterocycles. The van der Waals surface area contributed by atoms with Crippen molar-refractivity contribution >= 4 is 5.69 Å². The molecule has 0 aromatic heterocycles. The number of hydrogen-bond acceptors (Lipinski definition) is 0. The van der Waals surface area contributed by atoms with Gasteiger partial charge in [-0.1, -0.05) is 25.1 Å². The van der Waals surface area contributed by atoms with Crippen molar-refractivity contribution in [3.8, 4) is 0 Å². The van der Waals surface area contributed by atoms with E-state index < -0.39 is 0 Å². The second kappa shape index (κ2) is 3.08. The maximum atomic E-state index is 2.37. The third-order valence-corrected chi connectivity index (χ3v) is 4.39. The Kier molecular flexibility index (Phi) is 2.20. The lowest BCUT2D eigenvalue weighted by Crippen LogP contribution is -2.60. The van der Waals surface area contributed by atoms with E-state index in [4.69, 9.17) is 0 Å². The number of benzene rings is 1. The summed E-state index contributed by atoms with van der Waals surface area (Å²) < 4.78 is 0.994. The van der Waals surface area contributed by atoms with Crippen LogP contribution in [0.1, 0.15) is 38.7 Å².